The van der Waals surface area contributed by atoms with E-state index in [9.17, 15) is 4.79 Å². The molecule has 0 fully saturated rings. The highest BCUT2D eigenvalue weighted by atomic mass is 28.4. The van der Waals surface area contributed by atoms with Gasteiger partial charge < -0.3 is 14.2 Å². The van der Waals surface area contributed by atoms with Crippen molar-refractivity contribution in [3.8, 4) is 0 Å². The third kappa shape index (κ3) is 7.90. The van der Waals surface area contributed by atoms with Crippen LogP contribution in [0.4, 0.5) is 0 Å². The standard InChI is InChI=1S/C16H37NO3Si2/c1-14(13-17-11-10-12-21(6,7)19-5)15(18)20-22(8,9)16(2,3)4/h14,17H,10-13H2,1-9H3. The quantitative estimate of drug-likeness (QED) is 0.506. The molecular formula is C16H37NO3Si2. The normalized spacial score (nSPS) is 14.8. The lowest BCUT2D eigenvalue weighted by molar-refractivity contribution is -0.139. The van der Waals surface area contributed by atoms with Crippen molar-refractivity contribution >= 4 is 22.6 Å². The zero-order chi connectivity index (χ0) is 17.6. The van der Waals surface area contributed by atoms with Gasteiger partial charge in [-0.25, -0.2) is 0 Å². The van der Waals surface area contributed by atoms with Crippen LogP contribution in [0.15, 0.2) is 0 Å². The summed E-state index contributed by atoms with van der Waals surface area (Å²) in [7, 11) is -1.65. The number of nitrogens with one attached hydrogen (secondary N) is 1. The molecule has 0 bridgehead atoms. The van der Waals surface area contributed by atoms with Crippen LogP contribution in [0.5, 0.6) is 0 Å². The first-order valence-electron chi connectivity index (χ1n) is 8.31. The summed E-state index contributed by atoms with van der Waals surface area (Å²) in [5.74, 6) is -0.160. The van der Waals surface area contributed by atoms with E-state index < -0.39 is 16.6 Å². The number of carbonyl (C=O) groups is 1. The summed E-state index contributed by atoms with van der Waals surface area (Å²) < 4.78 is 11.4. The first-order valence-corrected chi connectivity index (χ1v) is 14.3. The summed E-state index contributed by atoms with van der Waals surface area (Å²) in [6.45, 7) is 18.7. The molecule has 0 aromatic heterocycles. The van der Waals surface area contributed by atoms with E-state index in [0.717, 1.165) is 19.0 Å². The molecule has 0 rings (SSSR count). The van der Waals surface area contributed by atoms with Gasteiger partial charge in [-0.05, 0) is 50.2 Å². The van der Waals surface area contributed by atoms with Gasteiger partial charge in [0, 0.05) is 13.7 Å². The van der Waals surface area contributed by atoms with E-state index in [1.807, 2.05) is 6.92 Å². The smallest absolute Gasteiger partial charge is 0.296 e. The van der Waals surface area contributed by atoms with E-state index in [4.69, 9.17) is 8.85 Å². The van der Waals surface area contributed by atoms with Gasteiger partial charge in [0.15, 0.2) is 8.32 Å². The van der Waals surface area contributed by atoms with Crippen molar-refractivity contribution in [2.24, 2.45) is 5.92 Å². The Morgan fingerprint density at radius 2 is 1.73 bits per heavy atom. The predicted molar refractivity (Wildman–Crippen MR) is 99.2 cm³/mol. The monoisotopic (exact) mass is 347 g/mol. The fraction of sp³-hybridized carbons (Fsp3) is 0.938. The SMILES string of the molecule is CO[Si](C)(C)CCCNCC(C)C(=O)O[Si](C)(C)C(C)(C)C. The molecule has 0 amide bonds. The van der Waals surface area contributed by atoms with Crippen LogP contribution >= 0.6 is 0 Å². The molecule has 0 aromatic carbocycles. The van der Waals surface area contributed by atoms with Crippen molar-refractivity contribution in [3.63, 3.8) is 0 Å². The Hall–Kier alpha value is -0.176. The molecule has 0 saturated carbocycles. The molecule has 22 heavy (non-hydrogen) atoms. The lowest BCUT2D eigenvalue weighted by Crippen LogP contribution is -2.44. The number of carbonyl (C=O) groups excluding carboxylic acids is 1. The Morgan fingerprint density at radius 1 is 1.18 bits per heavy atom. The largest absolute Gasteiger partial charge is 0.519 e. The van der Waals surface area contributed by atoms with Gasteiger partial charge in [0.2, 0.25) is 0 Å². The number of rotatable bonds is 9. The average molecular weight is 348 g/mol. The molecule has 0 aliphatic rings. The average Bonchev–Trinajstić information content (AvgIpc) is 2.36. The minimum absolute atomic E-state index is 0.0617. The van der Waals surface area contributed by atoms with Crippen LogP contribution < -0.4 is 5.32 Å². The number of hydrogen-bond donors (Lipinski definition) is 1. The molecule has 1 N–H and O–H groups in total. The molecule has 0 saturated heterocycles. The first-order chi connectivity index (χ1) is 9.82. The zero-order valence-electron chi connectivity index (χ0n) is 16.1. The van der Waals surface area contributed by atoms with Crippen LogP contribution in [0.1, 0.15) is 34.1 Å². The highest BCUT2D eigenvalue weighted by molar-refractivity contribution is 6.75. The Balaban J connectivity index is 4.08. The number of hydrogen-bond acceptors (Lipinski definition) is 4. The molecule has 0 aliphatic heterocycles. The molecule has 0 spiro atoms. The second-order valence-corrected chi connectivity index (χ2v) is 17.5. The Kier molecular flexibility index (Phi) is 8.54. The summed E-state index contributed by atoms with van der Waals surface area (Å²) >= 11 is 0. The first kappa shape index (κ1) is 21.8. The van der Waals surface area contributed by atoms with Gasteiger partial charge in [0.1, 0.15) is 0 Å². The van der Waals surface area contributed by atoms with Crippen molar-refractivity contribution in [1.82, 2.24) is 5.32 Å². The minimum Gasteiger partial charge on any atom is -0.519 e. The fourth-order valence-electron chi connectivity index (χ4n) is 1.65. The highest BCUT2D eigenvalue weighted by Crippen LogP contribution is 2.36. The van der Waals surface area contributed by atoms with Gasteiger partial charge in [0.05, 0.1) is 5.92 Å². The molecule has 0 aliphatic carbocycles. The summed E-state index contributed by atoms with van der Waals surface area (Å²) in [6, 6.07) is 1.14. The maximum Gasteiger partial charge on any atom is 0.296 e. The van der Waals surface area contributed by atoms with E-state index in [-0.39, 0.29) is 16.9 Å². The molecule has 1 unspecified atom stereocenters. The second kappa shape index (κ2) is 8.61. The predicted octanol–water partition coefficient (Wildman–Crippen LogP) is 4.00. The van der Waals surface area contributed by atoms with Gasteiger partial charge >= 0.3 is 0 Å². The Labute approximate surface area is 139 Å². The summed E-state index contributed by atoms with van der Waals surface area (Å²) in [5.41, 5.74) is 0. The third-order valence-corrected chi connectivity index (χ3v) is 11.7. The minimum atomic E-state index is -2.00. The van der Waals surface area contributed by atoms with E-state index in [0.29, 0.717) is 6.54 Å². The van der Waals surface area contributed by atoms with Gasteiger partial charge in [-0.1, -0.05) is 27.7 Å². The molecule has 0 heterocycles. The molecular weight excluding hydrogens is 310 g/mol. The van der Waals surface area contributed by atoms with Crippen molar-refractivity contribution in [3.05, 3.63) is 0 Å². The van der Waals surface area contributed by atoms with Gasteiger partial charge in [-0.3, -0.25) is 4.79 Å². The van der Waals surface area contributed by atoms with E-state index in [2.05, 4.69) is 52.3 Å². The molecule has 0 aromatic rings. The summed E-state index contributed by atoms with van der Waals surface area (Å²) in [6.07, 6.45) is 1.09. The van der Waals surface area contributed by atoms with Gasteiger partial charge in [0.25, 0.3) is 14.3 Å². The van der Waals surface area contributed by atoms with E-state index in [1.54, 1.807) is 7.11 Å². The maximum absolute atomic E-state index is 12.2. The van der Waals surface area contributed by atoms with Crippen LogP contribution in [0.25, 0.3) is 0 Å². The Morgan fingerprint density at radius 3 is 2.18 bits per heavy atom. The zero-order valence-corrected chi connectivity index (χ0v) is 18.1. The van der Waals surface area contributed by atoms with Gasteiger partial charge in [-0.2, -0.15) is 0 Å². The molecule has 0 radical (unpaired) electrons. The lowest BCUT2D eigenvalue weighted by Gasteiger charge is -2.36. The van der Waals surface area contributed by atoms with Crippen molar-refractivity contribution < 1.29 is 13.6 Å². The topological polar surface area (TPSA) is 47.6 Å². The highest BCUT2D eigenvalue weighted by Gasteiger charge is 2.41. The van der Waals surface area contributed by atoms with Crippen molar-refractivity contribution in [2.75, 3.05) is 20.2 Å². The van der Waals surface area contributed by atoms with E-state index >= 15 is 0 Å². The summed E-state index contributed by atoms with van der Waals surface area (Å²) in [5, 5.41) is 3.43. The Bertz CT molecular complexity index is 352. The summed E-state index contributed by atoms with van der Waals surface area (Å²) in [4.78, 5) is 12.2. The van der Waals surface area contributed by atoms with Crippen LogP contribution in [0.2, 0.25) is 37.3 Å². The van der Waals surface area contributed by atoms with E-state index in [1.165, 1.54) is 0 Å². The molecule has 6 heteroatoms. The van der Waals surface area contributed by atoms with Crippen LogP contribution in [0.3, 0.4) is 0 Å². The van der Waals surface area contributed by atoms with Crippen LogP contribution in [-0.2, 0) is 13.6 Å². The van der Waals surface area contributed by atoms with Crippen LogP contribution in [-0.4, -0.2) is 42.8 Å². The lowest BCUT2D eigenvalue weighted by atomic mass is 10.2. The molecule has 1 atom stereocenters. The van der Waals surface area contributed by atoms with Crippen molar-refractivity contribution in [1.29, 1.82) is 0 Å². The van der Waals surface area contributed by atoms with Gasteiger partial charge in [-0.15, -0.1) is 0 Å². The van der Waals surface area contributed by atoms with Crippen molar-refractivity contribution in [2.45, 2.75) is 71.4 Å². The maximum atomic E-state index is 12.2. The second-order valence-electron chi connectivity index (χ2n) is 8.35. The molecule has 4 nitrogen and oxygen atoms in total. The fourth-order valence-corrected chi connectivity index (χ4v) is 3.89. The third-order valence-electron chi connectivity index (χ3n) is 4.70. The van der Waals surface area contributed by atoms with Crippen LogP contribution in [0, 0.1) is 5.92 Å². The molecule has 132 valence electrons.